The van der Waals surface area contributed by atoms with Gasteiger partial charge in [-0.2, -0.15) is 13.2 Å². The first-order chi connectivity index (χ1) is 17.4. The van der Waals surface area contributed by atoms with E-state index in [4.69, 9.17) is 19.9 Å². The van der Waals surface area contributed by atoms with E-state index >= 15 is 0 Å². The molecule has 2 aliphatic heterocycles. The Morgan fingerprint density at radius 1 is 1.11 bits per heavy atom. The molecule has 0 saturated carbocycles. The molecule has 0 amide bonds. The molecule has 5 rings (SSSR count). The summed E-state index contributed by atoms with van der Waals surface area (Å²) < 4.78 is 58.2. The third-order valence-corrected chi connectivity index (χ3v) is 6.85. The van der Waals surface area contributed by atoms with Crippen LogP contribution in [0.25, 0.3) is 0 Å². The van der Waals surface area contributed by atoms with Crippen molar-refractivity contribution in [1.82, 2.24) is 0 Å². The van der Waals surface area contributed by atoms with Gasteiger partial charge in [-0.15, -0.1) is 0 Å². The van der Waals surface area contributed by atoms with Crippen LogP contribution in [0.5, 0.6) is 11.5 Å². The van der Waals surface area contributed by atoms with Gasteiger partial charge in [0.25, 0.3) is 0 Å². The molecular formula is C27H25F3N2O5. The third-order valence-electron chi connectivity index (χ3n) is 6.85. The summed E-state index contributed by atoms with van der Waals surface area (Å²) in [5.41, 5.74) is 5.73. The zero-order valence-electron chi connectivity index (χ0n) is 20.4. The van der Waals surface area contributed by atoms with Crippen molar-refractivity contribution in [2.24, 2.45) is 11.1 Å². The number of halogens is 3. The minimum absolute atomic E-state index is 0.0222. The number of Topliss-reactive ketones (excluding diaryl/α,β-unsaturated/α-hetero) is 1. The van der Waals surface area contributed by atoms with Crippen molar-refractivity contribution in [3.05, 3.63) is 76.3 Å². The highest BCUT2D eigenvalue weighted by Gasteiger charge is 2.48. The smallest absolute Gasteiger partial charge is 0.418 e. The van der Waals surface area contributed by atoms with Crippen LogP contribution >= 0.6 is 0 Å². The standard InChI is InChI=1S/C27H25F3N2O5/c1-26(2)11-17-22(18(33)12-26)21(14-8-9-19-20(10-14)37-13-36-19)23(25(34)35-3)24(31)32(17)16-7-5-4-6-15(16)27(28,29)30/h4-10,21H,11-13,31H2,1-3H3/t21-/m1/s1. The second kappa shape index (κ2) is 8.57. The maximum atomic E-state index is 14.1. The van der Waals surface area contributed by atoms with Gasteiger partial charge in [-0.1, -0.05) is 32.0 Å². The number of hydrogen-bond donors (Lipinski definition) is 1. The number of benzene rings is 2. The number of anilines is 1. The van der Waals surface area contributed by atoms with Crippen LogP contribution in [-0.4, -0.2) is 25.7 Å². The number of carbonyl (C=O) groups is 2. The molecule has 3 aliphatic rings. The maximum absolute atomic E-state index is 14.1. The Kier molecular flexibility index (Phi) is 5.73. The number of nitrogens with two attached hydrogens (primary N) is 1. The molecule has 1 atom stereocenters. The molecule has 0 spiro atoms. The highest BCUT2D eigenvalue weighted by Crippen LogP contribution is 2.52. The molecule has 2 N–H and O–H groups in total. The van der Waals surface area contributed by atoms with Crippen LogP contribution in [0, 0.1) is 5.41 Å². The summed E-state index contributed by atoms with van der Waals surface area (Å²) in [6.07, 6.45) is -4.29. The number of rotatable bonds is 3. The summed E-state index contributed by atoms with van der Waals surface area (Å²) in [5, 5.41) is 0. The number of hydrogen-bond acceptors (Lipinski definition) is 7. The second-order valence-corrected chi connectivity index (χ2v) is 9.99. The van der Waals surface area contributed by atoms with Gasteiger partial charge in [0, 0.05) is 17.7 Å². The summed E-state index contributed by atoms with van der Waals surface area (Å²) in [6.45, 7) is 3.76. The molecule has 0 bridgehead atoms. The molecule has 10 heteroatoms. The van der Waals surface area contributed by atoms with Crippen LogP contribution < -0.4 is 20.1 Å². The summed E-state index contributed by atoms with van der Waals surface area (Å²) in [4.78, 5) is 28.1. The quantitative estimate of drug-likeness (QED) is 0.575. The Morgan fingerprint density at radius 3 is 2.51 bits per heavy atom. The van der Waals surface area contributed by atoms with Gasteiger partial charge in [-0.05, 0) is 41.7 Å². The van der Waals surface area contributed by atoms with Crippen LogP contribution in [0.4, 0.5) is 18.9 Å². The zero-order chi connectivity index (χ0) is 26.7. The molecule has 2 aromatic rings. The lowest BCUT2D eigenvalue weighted by molar-refractivity contribution is -0.137. The van der Waals surface area contributed by atoms with Gasteiger partial charge in [0.15, 0.2) is 17.3 Å². The highest BCUT2D eigenvalue weighted by atomic mass is 19.4. The van der Waals surface area contributed by atoms with Crippen molar-refractivity contribution in [2.75, 3.05) is 18.8 Å². The second-order valence-electron chi connectivity index (χ2n) is 9.99. The first-order valence-corrected chi connectivity index (χ1v) is 11.6. The van der Waals surface area contributed by atoms with Crippen molar-refractivity contribution in [2.45, 2.75) is 38.8 Å². The molecule has 7 nitrogen and oxygen atoms in total. The molecule has 0 saturated heterocycles. The van der Waals surface area contributed by atoms with Crippen LogP contribution in [-0.2, 0) is 20.5 Å². The fourth-order valence-electron chi connectivity index (χ4n) is 5.33. The van der Waals surface area contributed by atoms with Gasteiger partial charge in [0.2, 0.25) is 6.79 Å². The largest absolute Gasteiger partial charge is 0.466 e. The number of alkyl halides is 3. The Labute approximate surface area is 211 Å². The van der Waals surface area contributed by atoms with Crippen LogP contribution in [0.1, 0.15) is 43.7 Å². The van der Waals surface area contributed by atoms with Crippen LogP contribution in [0.2, 0.25) is 0 Å². The Morgan fingerprint density at radius 2 is 1.81 bits per heavy atom. The lowest BCUT2D eigenvalue weighted by Gasteiger charge is -2.44. The van der Waals surface area contributed by atoms with E-state index in [1.54, 1.807) is 18.2 Å². The fourth-order valence-corrected chi connectivity index (χ4v) is 5.33. The first-order valence-electron chi connectivity index (χ1n) is 11.6. The Bertz CT molecular complexity index is 1380. The monoisotopic (exact) mass is 514 g/mol. The van der Waals surface area contributed by atoms with Crippen LogP contribution in [0.3, 0.4) is 0 Å². The van der Waals surface area contributed by atoms with E-state index in [0.717, 1.165) is 13.2 Å². The van der Waals surface area contributed by atoms with Crippen molar-refractivity contribution in [3.63, 3.8) is 0 Å². The zero-order valence-corrected chi connectivity index (χ0v) is 20.4. The third kappa shape index (κ3) is 4.10. The van der Waals surface area contributed by atoms with Crippen molar-refractivity contribution < 1.29 is 37.0 Å². The summed E-state index contributed by atoms with van der Waals surface area (Å²) >= 11 is 0. The van der Waals surface area contributed by atoms with E-state index < -0.39 is 29.0 Å². The number of allylic oxidation sites excluding steroid dienone is 2. The first kappa shape index (κ1) is 24.7. The molecule has 0 radical (unpaired) electrons. The summed E-state index contributed by atoms with van der Waals surface area (Å²) in [6, 6.07) is 9.95. The number of methoxy groups -OCH3 is 1. The molecule has 37 heavy (non-hydrogen) atoms. The summed E-state index contributed by atoms with van der Waals surface area (Å²) in [5.74, 6) is -1.39. The topological polar surface area (TPSA) is 91.1 Å². The van der Waals surface area contributed by atoms with Crippen LogP contribution in [0.15, 0.2) is 65.1 Å². The number of para-hydroxylation sites is 1. The summed E-state index contributed by atoms with van der Waals surface area (Å²) in [7, 11) is 1.16. The normalized spacial score (nSPS) is 20.8. The average molecular weight is 515 g/mol. The van der Waals surface area contributed by atoms with Crippen molar-refractivity contribution >= 4 is 17.4 Å². The predicted octanol–water partition coefficient (Wildman–Crippen LogP) is 5.02. The van der Waals surface area contributed by atoms with E-state index in [0.29, 0.717) is 22.8 Å². The minimum atomic E-state index is -4.70. The van der Waals surface area contributed by atoms with E-state index in [-0.39, 0.29) is 48.1 Å². The number of nitrogens with zero attached hydrogens (tertiary/aromatic N) is 1. The van der Waals surface area contributed by atoms with Gasteiger partial charge in [0.05, 0.1) is 29.9 Å². The SMILES string of the molecule is COC(=O)C1=C(N)N(c2ccccc2C(F)(F)F)C2=C(C(=O)CC(C)(C)C2)[C@H]1c1ccc2c(c1)OCO2. The minimum Gasteiger partial charge on any atom is -0.466 e. The molecule has 194 valence electrons. The van der Waals surface area contributed by atoms with Gasteiger partial charge in [-0.25, -0.2) is 4.79 Å². The predicted molar refractivity (Wildman–Crippen MR) is 128 cm³/mol. The van der Waals surface area contributed by atoms with Gasteiger partial charge >= 0.3 is 12.1 Å². The lowest BCUT2D eigenvalue weighted by Crippen LogP contribution is -2.44. The van der Waals surface area contributed by atoms with Crippen molar-refractivity contribution in [3.8, 4) is 11.5 Å². The number of ketones is 1. The lowest BCUT2D eigenvalue weighted by atomic mass is 9.68. The fraction of sp³-hybridized carbons (Fsp3) is 0.333. The molecule has 0 fully saturated rings. The van der Waals surface area contributed by atoms with Gasteiger partial charge in [-0.3, -0.25) is 9.69 Å². The average Bonchev–Trinajstić information content (AvgIpc) is 3.29. The Balaban J connectivity index is 1.82. The van der Waals surface area contributed by atoms with E-state index in [1.165, 1.54) is 23.1 Å². The van der Waals surface area contributed by atoms with Gasteiger partial charge in [0.1, 0.15) is 5.82 Å². The highest BCUT2D eigenvalue weighted by molar-refractivity contribution is 6.05. The molecule has 0 unspecified atom stereocenters. The molecule has 2 heterocycles. The maximum Gasteiger partial charge on any atom is 0.418 e. The number of carbonyl (C=O) groups excluding carboxylic acids is 2. The molecule has 1 aliphatic carbocycles. The van der Waals surface area contributed by atoms with E-state index in [2.05, 4.69) is 0 Å². The number of ether oxygens (including phenoxy) is 3. The molecular weight excluding hydrogens is 489 g/mol. The molecule has 0 aromatic heterocycles. The molecule has 2 aromatic carbocycles. The Hall–Kier alpha value is -3.95. The number of esters is 1. The van der Waals surface area contributed by atoms with Gasteiger partial charge < -0.3 is 19.9 Å². The van der Waals surface area contributed by atoms with E-state index in [9.17, 15) is 22.8 Å². The van der Waals surface area contributed by atoms with E-state index in [1.807, 2.05) is 13.8 Å². The van der Waals surface area contributed by atoms with Crippen molar-refractivity contribution in [1.29, 1.82) is 0 Å². The number of fused-ring (bicyclic) bond motifs is 1.